The predicted octanol–water partition coefficient (Wildman–Crippen LogP) is 1.41. The lowest BCUT2D eigenvalue weighted by atomic mass is 9.97. The fourth-order valence-electron chi connectivity index (χ4n) is 1.42. The summed E-state index contributed by atoms with van der Waals surface area (Å²) in [5.74, 6) is -2.86. The smallest absolute Gasteiger partial charge is 0.336 e. The minimum Gasteiger partial charge on any atom is -0.507 e. The van der Waals surface area contributed by atoms with Crippen molar-refractivity contribution in [2.24, 2.45) is 0 Å². The number of aromatic hydroxyl groups is 1. The van der Waals surface area contributed by atoms with E-state index in [1.807, 2.05) is 0 Å². The first-order valence-corrected chi connectivity index (χ1v) is 4.16. The summed E-state index contributed by atoms with van der Waals surface area (Å²) in [5, 5.41) is 27.1. The van der Waals surface area contributed by atoms with E-state index in [9.17, 15) is 14.7 Å². The Morgan fingerprint density at radius 2 is 1.67 bits per heavy atom. The van der Waals surface area contributed by atoms with Gasteiger partial charge in [-0.25, -0.2) is 9.59 Å². The second-order valence-electron chi connectivity index (χ2n) is 3.20. The molecule has 0 saturated carbocycles. The average molecular weight is 210 g/mol. The summed E-state index contributed by atoms with van der Waals surface area (Å²) in [6, 6.07) is 1.15. The quantitative estimate of drug-likeness (QED) is 0.685. The van der Waals surface area contributed by atoms with Gasteiger partial charge in [0.05, 0.1) is 11.1 Å². The van der Waals surface area contributed by atoms with Crippen molar-refractivity contribution in [3.05, 3.63) is 28.3 Å². The molecule has 0 unspecified atom stereocenters. The maximum absolute atomic E-state index is 10.8. The van der Waals surface area contributed by atoms with E-state index in [2.05, 4.69) is 0 Å². The molecule has 3 N–H and O–H groups in total. The first-order valence-electron chi connectivity index (χ1n) is 4.16. The molecule has 5 nitrogen and oxygen atoms in total. The third-order valence-corrected chi connectivity index (χ3v) is 2.18. The molecule has 15 heavy (non-hydrogen) atoms. The molecule has 0 amide bonds. The molecule has 0 heterocycles. The summed E-state index contributed by atoms with van der Waals surface area (Å²) in [6.07, 6.45) is 0. The van der Waals surface area contributed by atoms with Crippen LogP contribution in [0, 0.1) is 13.8 Å². The van der Waals surface area contributed by atoms with E-state index >= 15 is 0 Å². The summed E-state index contributed by atoms with van der Waals surface area (Å²) in [6.45, 7) is 2.89. The van der Waals surface area contributed by atoms with Gasteiger partial charge in [-0.05, 0) is 25.5 Å². The lowest BCUT2D eigenvalue weighted by molar-refractivity contribution is 0.0650. The molecule has 0 radical (unpaired) electrons. The van der Waals surface area contributed by atoms with Gasteiger partial charge < -0.3 is 15.3 Å². The zero-order chi connectivity index (χ0) is 11.7. The van der Waals surface area contributed by atoms with Crippen molar-refractivity contribution in [2.45, 2.75) is 13.8 Å². The van der Waals surface area contributed by atoms with E-state index in [1.165, 1.54) is 13.8 Å². The molecule has 1 rings (SSSR count). The van der Waals surface area contributed by atoms with E-state index < -0.39 is 11.9 Å². The number of carboxylic acids is 2. The zero-order valence-corrected chi connectivity index (χ0v) is 8.24. The molecule has 1 aromatic carbocycles. The molecular weight excluding hydrogens is 200 g/mol. The first-order chi connectivity index (χ1) is 6.86. The summed E-state index contributed by atoms with van der Waals surface area (Å²) in [7, 11) is 0. The van der Waals surface area contributed by atoms with Crippen LogP contribution in [-0.4, -0.2) is 27.3 Å². The van der Waals surface area contributed by atoms with Crippen LogP contribution < -0.4 is 0 Å². The largest absolute Gasteiger partial charge is 0.507 e. The topological polar surface area (TPSA) is 94.8 Å². The van der Waals surface area contributed by atoms with Gasteiger partial charge in [0.1, 0.15) is 5.75 Å². The number of aryl methyl sites for hydroxylation is 1. The number of benzene rings is 1. The Kier molecular flexibility index (Phi) is 2.65. The van der Waals surface area contributed by atoms with Crippen LogP contribution in [0.4, 0.5) is 0 Å². The van der Waals surface area contributed by atoms with E-state index in [0.29, 0.717) is 5.56 Å². The molecule has 80 valence electrons. The monoisotopic (exact) mass is 210 g/mol. The number of aromatic carboxylic acids is 2. The van der Waals surface area contributed by atoms with E-state index in [-0.39, 0.29) is 22.4 Å². The van der Waals surface area contributed by atoms with E-state index in [4.69, 9.17) is 10.2 Å². The molecule has 0 bridgehead atoms. The van der Waals surface area contributed by atoms with Crippen LogP contribution in [0.3, 0.4) is 0 Å². The Bertz CT molecular complexity index is 448. The van der Waals surface area contributed by atoms with Crippen molar-refractivity contribution in [2.75, 3.05) is 0 Å². The molecule has 0 aliphatic rings. The second-order valence-corrected chi connectivity index (χ2v) is 3.20. The van der Waals surface area contributed by atoms with Gasteiger partial charge in [0.25, 0.3) is 0 Å². The van der Waals surface area contributed by atoms with Gasteiger partial charge in [-0.1, -0.05) is 0 Å². The number of phenolic OH excluding ortho intramolecular Hbond substituents is 1. The molecule has 0 saturated heterocycles. The predicted molar refractivity (Wildman–Crippen MR) is 51.5 cm³/mol. The van der Waals surface area contributed by atoms with Crippen LogP contribution in [0.1, 0.15) is 31.8 Å². The van der Waals surface area contributed by atoms with Crippen LogP contribution in [0.5, 0.6) is 5.75 Å². The lowest BCUT2D eigenvalue weighted by Crippen LogP contribution is -2.11. The number of carboxylic acid groups (broad SMARTS) is 2. The minimum absolute atomic E-state index is 0.0694. The van der Waals surface area contributed by atoms with Gasteiger partial charge in [-0.15, -0.1) is 0 Å². The Morgan fingerprint density at radius 3 is 2.07 bits per heavy atom. The fourth-order valence-corrected chi connectivity index (χ4v) is 1.42. The highest BCUT2D eigenvalue weighted by Gasteiger charge is 2.22. The van der Waals surface area contributed by atoms with E-state index in [1.54, 1.807) is 0 Å². The van der Waals surface area contributed by atoms with Gasteiger partial charge >= 0.3 is 11.9 Å². The fraction of sp³-hybridized carbons (Fsp3) is 0.200. The summed E-state index contributed by atoms with van der Waals surface area (Å²) < 4.78 is 0. The standard InChI is InChI=1S/C10H10O5/c1-4-3-6(9(12)13)7(10(14)15)5(2)8(4)11/h3,11H,1-2H3,(H,12,13)(H,14,15). The Balaban J connectivity index is 3.65. The van der Waals surface area contributed by atoms with Gasteiger partial charge in [0.2, 0.25) is 0 Å². The van der Waals surface area contributed by atoms with Crippen LogP contribution in [0.25, 0.3) is 0 Å². The summed E-state index contributed by atoms with van der Waals surface area (Å²) >= 11 is 0. The molecule has 0 fully saturated rings. The Morgan fingerprint density at radius 1 is 1.13 bits per heavy atom. The Hall–Kier alpha value is -2.04. The number of hydrogen-bond donors (Lipinski definition) is 3. The van der Waals surface area contributed by atoms with Gasteiger partial charge in [-0.2, -0.15) is 0 Å². The average Bonchev–Trinajstić information content (AvgIpc) is 2.12. The van der Waals surface area contributed by atoms with Crippen molar-refractivity contribution >= 4 is 11.9 Å². The maximum Gasteiger partial charge on any atom is 0.336 e. The second kappa shape index (κ2) is 3.61. The number of carbonyl (C=O) groups is 2. The van der Waals surface area contributed by atoms with Crippen LogP contribution in [-0.2, 0) is 0 Å². The number of phenols is 1. The van der Waals surface area contributed by atoms with Gasteiger partial charge in [0.15, 0.2) is 0 Å². The first kappa shape index (κ1) is 11.0. The number of hydrogen-bond acceptors (Lipinski definition) is 3. The van der Waals surface area contributed by atoms with Crippen LogP contribution >= 0.6 is 0 Å². The lowest BCUT2D eigenvalue weighted by Gasteiger charge is -2.09. The third-order valence-electron chi connectivity index (χ3n) is 2.18. The van der Waals surface area contributed by atoms with Crippen molar-refractivity contribution in [1.82, 2.24) is 0 Å². The van der Waals surface area contributed by atoms with Gasteiger partial charge in [-0.3, -0.25) is 0 Å². The van der Waals surface area contributed by atoms with Crippen molar-refractivity contribution < 1.29 is 24.9 Å². The Labute approximate surface area is 85.6 Å². The van der Waals surface area contributed by atoms with Gasteiger partial charge in [0, 0.05) is 5.56 Å². The molecule has 0 atom stereocenters. The summed E-state index contributed by atoms with van der Waals surface area (Å²) in [5.41, 5.74) is -0.268. The zero-order valence-electron chi connectivity index (χ0n) is 8.24. The molecule has 0 aliphatic carbocycles. The van der Waals surface area contributed by atoms with Crippen LogP contribution in [0.2, 0.25) is 0 Å². The highest BCUT2D eigenvalue weighted by atomic mass is 16.4. The SMILES string of the molecule is Cc1cc(C(=O)O)c(C(=O)O)c(C)c1O. The molecule has 0 aliphatic heterocycles. The molecule has 0 spiro atoms. The molecule has 1 aromatic rings. The number of rotatable bonds is 2. The molecular formula is C10H10O5. The normalized spacial score (nSPS) is 10.0. The van der Waals surface area contributed by atoms with Crippen LogP contribution in [0.15, 0.2) is 6.07 Å². The third kappa shape index (κ3) is 1.76. The van der Waals surface area contributed by atoms with Crippen molar-refractivity contribution in [3.8, 4) is 5.75 Å². The summed E-state index contributed by atoms with van der Waals surface area (Å²) in [4.78, 5) is 21.6. The highest BCUT2D eigenvalue weighted by molar-refractivity contribution is 6.03. The van der Waals surface area contributed by atoms with Crippen molar-refractivity contribution in [1.29, 1.82) is 0 Å². The maximum atomic E-state index is 10.8. The van der Waals surface area contributed by atoms with Crippen molar-refractivity contribution in [3.63, 3.8) is 0 Å². The minimum atomic E-state index is -1.36. The van der Waals surface area contributed by atoms with E-state index in [0.717, 1.165) is 6.07 Å². The molecule has 5 heteroatoms. The highest BCUT2D eigenvalue weighted by Crippen LogP contribution is 2.28. The molecule has 0 aromatic heterocycles.